The maximum atomic E-state index is 9.93. The van der Waals surface area contributed by atoms with Crippen molar-refractivity contribution < 1.29 is 4.79 Å². The third-order valence-corrected chi connectivity index (χ3v) is 1.83. The highest BCUT2D eigenvalue weighted by molar-refractivity contribution is 5.50. The maximum absolute atomic E-state index is 9.93. The molecule has 0 fully saturated rings. The first-order valence-electron chi connectivity index (χ1n) is 4.81. The molecule has 0 N–H and O–H groups in total. The molecule has 13 heavy (non-hydrogen) atoms. The molecule has 0 unspecified atom stereocenters. The SMILES string of the molecule is CC(C)=CCCC(C)=CCC[C]=O. The first-order chi connectivity index (χ1) is 6.16. The first kappa shape index (κ1) is 12.2. The molecule has 1 heteroatoms. The monoisotopic (exact) mass is 179 g/mol. The quantitative estimate of drug-likeness (QED) is 0.450. The smallest absolute Gasteiger partial charge is 0.198 e. The predicted octanol–water partition coefficient (Wildman–Crippen LogP) is 3.57. The minimum Gasteiger partial charge on any atom is -0.291 e. The Morgan fingerprint density at radius 1 is 1.15 bits per heavy atom. The highest BCUT2D eigenvalue weighted by atomic mass is 16.1. The molecule has 1 radical (unpaired) electrons. The number of allylic oxidation sites excluding steroid dienone is 4. The van der Waals surface area contributed by atoms with Crippen molar-refractivity contribution in [3.63, 3.8) is 0 Å². The topological polar surface area (TPSA) is 17.1 Å². The molecule has 0 spiro atoms. The molecule has 0 saturated heterocycles. The Bertz CT molecular complexity index is 195. The summed E-state index contributed by atoms with van der Waals surface area (Å²) in [5.41, 5.74) is 2.74. The van der Waals surface area contributed by atoms with Gasteiger partial charge in [0.2, 0.25) is 0 Å². The van der Waals surface area contributed by atoms with Gasteiger partial charge >= 0.3 is 0 Å². The Morgan fingerprint density at radius 3 is 2.38 bits per heavy atom. The molecule has 0 atom stereocenters. The highest BCUT2D eigenvalue weighted by Gasteiger charge is 1.88. The summed E-state index contributed by atoms with van der Waals surface area (Å²) in [7, 11) is 0. The van der Waals surface area contributed by atoms with E-state index in [2.05, 4.69) is 32.9 Å². The van der Waals surface area contributed by atoms with Crippen LogP contribution in [0.3, 0.4) is 0 Å². The van der Waals surface area contributed by atoms with Crippen LogP contribution in [0.2, 0.25) is 0 Å². The van der Waals surface area contributed by atoms with Crippen molar-refractivity contribution in [3.8, 4) is 0 Å². The molecule has 73 valence electrons. The molecule has 0 aromatic rings. The van der Waals surface area contributed by atoms with Crippen LogP contribution in [-0.4, -0.2) is 6.29 Å². The van der Waals surface area contributed by atoms with E-state index in [-0.39, 0.29) is 0 Å². The third-order valence-electron chi connectivity index (χ3n) is 1.83. The van der Waals surface area contributed by atoms with Crippen LogP contribution >= 0.6 is 0 Å². The summed E-state index contributed by atoms with van der Waals surface area (Å²) >= 11 is 0. The molecule has 0 aliphatic heterocycles. The first-order valence-corrected chi connectivity index (χ1v) is 4.81. The van der Waals surface area contributed by atoms with Crippen LogP contribution in [0.15, 0.2) is 23.3 Å². The van der Waals surface area contributed by atoms with Crippen LogP contribution in [-0.2, 0) is 4.79 Å². The van der Waals surface area contributed by atoms with Crippen LogP contribution < -0.4 is 0 Å². The van der Waals surface area contributed by atoms with E-state index in [9.17, 15) is 4.79 Å². The molecule has 1 nitrogen and oxygen atoms in total. The van der Waals surface area contributed by atoms with Crippen molar-refractivity contribution >= 4 is 6.29 Å². The van der Waals surface area contributed by atoms with Gasteiger partial charge in [0, 0.05) is 6.42 Å². The lowest BCUT2D eigenvalue weighted by Gasteiger charge is -1.97. The summed E-state index contributed by atoms with van der Waals surface area (Å²) in [5.74, 6) is 0. The second kappa shape index (κ2) is 7.78. The maximum Gasteiger partial charge on any atom is 0.198 e. The van der Waals surface area contributed by atoms with Crippen LogP contribution in [0.25, 0.3) is 0 Å². The van der Waals surface area contributed by atoms with Gasteiger partial charge in [-0.1, -0.05) is 23.3 Å². The number of hydrogen-bond donors (Lipinski definition) is 0. The van der Waals surface area contributed by atoms with Crippen molar-refractivity contribution in [2.24, 2.45) is 0 Å². The molecular formula is C12H19O. The lowest BCUT2D eigenvalue weighted by molar-refractivity contribution is 0.551. The summed E-state index contributed by atoms with van der Waals surface area (Å²) in [6, 6.07) is 0. The largest absolute Gasteiger partial charge is 0.291 e. The highest BCUT2D eigenvalue weighted by Crippen LogP contribution is 2.07. The van der Waals surface area contributed by atoms with Crippen LogP contribution in [0.5, 0.6) is 0 Å². The number of rotatable bonds is 6. The van der Waals surface area contributed by atoms with Crippen LogP contribution in [0, 0.1) is 0 Å². The van der Waals surface area contributed by atoms with E-state index >= 15 is 0 Å². The summed E-state index contributed by atoms with van der Waals surface area (Å²) in [6.45, 7) is 6.34. The molecule has 0 heterocycles. The van der Waals surface area contributed by atoms with Gasteiger partial charge in [-0.25, -0.2) is 0 Å². The fourth-order valence-electron chi connectivity index (χ4n) is 1.07. The van der Waals surface area contributed by atoms with Crippen molar-refractivity contribution in [2.45, 2.75) is 46.5 Å². The molecule has 0 aromatic heterocycles. The summed E-state index contributed by atoms with van der Waals surface area (Å²) in [5, 5.41) is 0. The number of hydrogen-bond acceptors (Lipinski definition) is 1. The van der Waals surface area contributed by atoms with E-state index < -0.39 is 0 Å². The third kappa shape index (κ3) is 9.06. The lowest BCUT2D eigenvalue weighted by atomic mass is 10.1. The van der Waals surface area contributed by atoms with Crippen molar-refractivity contribution in [3.05, 3.63) is 23.3 Å². The van der Waals surface area contributed by atoms with Crippen molar-refractivity contribution in [1.82, 2.24) is 0 Å². The van der Waals surface area contributed by atoms with E-state index in [4.69, 9.17) is 0 Å². The summed E-state index contributed by atoms with van der Waals surface area (Å²) < 4.78 is 0. The normalized spacial score (nSPS) is 11.2. The van der Waals surface area contributed by atoms with E-state index in [0.717, 1.165) is 19.3 Å². The Morgan fingerprint density at radius 2 is 1.85 bits per heavy atom. The Labute approximate surface area is 81.5 Å². The standard InChI is InChI=1S/C12H19O/c1-11(2)7-6-9-12(3)8-4-5-10-13/h7-8H,4-6,9H2,1-3H3. The average molecular weight is 179 g/mol. The zero-order chi connectivity index (χ0) is 10.1. The van der Waals surface area contributed by atoms with Gasteiger partial charge in [0.05, 0.1) is 0 Å². The second-order valence-electron chi connectivity index (χ2n) is 3.55. The van der Waals surface area contributed by atoms with Gasteiger partial charge in [0.25, 0.3) is 0 Å². The molecule has 0 bridgehead atoms. The van der Waals surface area contributed by atoms with Gasteiger partial charge < -0.3 is 0 Å². The Kier molecular flexibility index (Phi) is 7.27. The zero-order valence-electron chi connectivity index (χ0n) is 8.89. The van der Waals surface area contributed by atoms with Crippen molar-refractivity contribution in [2.75, 3.05) is 0 Å². The molecule has 0 rings (SSSR count). The molecule has 0 amide bonds. The number of unbranched alkanes of at least 4 members (excludes halogenated alkanes) is 1. The van der Waals surface area contributed by atoms with E-state index in [0.29, 0.717) is 6.42 Å². The molecule has 0 aliphatic carbocycles. The zero-order valence-corrected chi connectivity index (χ0v) is 8.89. The van der Waals surface area contributed by atoms with Gasteiger partial charge in [-0.15, -0.1) is 0 Å². The van der Waals surface area contributed by atoms with E-state index in [1.807, 2.05) is 6.29 Å². The van der Waals surface area contributed by atoms with Gasteiger partial charge in [-0.05, 0) is 40.0 Å². The summed E-state index contributed by atoms with van der Waals surface area (Å²) in [6.07, 6.45) is 9.83. The minimum atomic E-state index is 0.528. The van der Waals surface area contributed by atoms with Crippen LogP contribution in [0.1, 0.15) is 46.5 Å². The summed E-state index contributed by atoms with van der Waals surface area (Å²) in [4.78, 5) is 9.93. The van der Waals surface area contributed by atoms with E-state index in [1.165, 1.54) is 11.1 Å². The van der Waals surface area contributed by atoms with E-state index in [1.54, 1.807) is 0 Å². The van der Waals surface area contributed by atoms with Crippen LogP contribution in [0.4, 0.5) is 0 Å². The minimum absolute atomic E-state index is 0.528. The number of carbonyl (C=O) groups excluding carboxylic acids is 1. The molecule has 0 saturated carbocycles. The Hall–Kier alpha value is -0.850. The second-order valence-corrected chi connectivity index (χ2v) is 3.55. The van der Waals surface area contributed by atoms with Gasteiger partial charge in [-0.2, -0.15) is 0 Å². The predicted molar refractivity (Wildman–Crippen MR) is 57.3 cm³/mol. The fourth-order valence-corrected chi connectivity index (χ4v) is 1.07. The van der Waals surface area contributed by atoms with Crippen molar-refractivity contribution in [1.29, 1.82) is 0 Å². The fraction of sp³-hybridized carbons (Fsp3) is 0.583. The lowest BCUT2D eigenvalue weighted by Crippen LogP contribution is -1.79. The van der Waals surface area contributed by atoms with Gasteiger partial charge in [-0.3, -0.25) is 4.79 Å². The molecule has 0 aromatic carbocycles. The Balaban J connectivity index is 3.60. The molecular weight excluding hydrogens is 160 g/mol. The van der Waals surface area contributed by atoms with Gasteiger partial charge in [0.1, 0.15) is 0 Å². The van der Waals surface area contributed by atoms with Gasteiger partial charge in [0.15, 0.2) is 6.29 Å². The molecule has 0 aliphatic rings. The average Bonchev–Trinajstić information content (AvgIpc) is 2.04.